The standard InChI is InChI=1S/C32H36N2O5/c1-4-7-16-37-30-26(6-3)29(24-15-14-23-18-25(20-35)33-27(23)19-24)34-31(38-17-8-5-2)28(30)32(36)39-21-22-12-10-9-11-13-22/h9-15,18-20,33H,4-8,16-17,21H2,1-3H3. The van der Waals surface area contributed by atoms with Gasteiger partial charge in [0.15, 0.2) is 11.8 Å². The number of nitrogens with zero attached hydrogens (tertiary/aromatic N) is 1. The maximum atomic E-state index is 13.6. The van der Waals surface area contributed by atoms with Gasteiger partial charge in [-0.05, 0) is 37.0 Å². The lowest BCUT2D eigenvalue weighted by atomic mass is 9.99. The second kappa shape index (κ2) is 13.6. The second-order valence-corrected chi connectivity index (χ2v) is 9.41. The van der Waals surface area contributed by atoms with Gasteiger partial charge in [-0.3, -0.25) is 4.79 Å². The van der Waals surface area contributed by atoms with Crippen molar-refractivity contribution in [1.82, 2.24) is 9.97 Å². The van der Waals surface area contributed by atoms with Gasteiger partial charge in [0, 0.05) is 22.0 Å². The van der Waals surface area contributed by atoms with Crippen LogP contribution in [0.2, 0.25) is 0 Å². The van der Waals surface area contributed by atoms with Crippen molar-refractivity contribution in [3.05, 3.63) is 77.0 Å². The number of esters is 1. The summed E-state index contributed by atoms with van der Waals surface area (Å²) in [7, 11) is 0. The Morgan fingerprint density at radius 2 is 1.69 bits per heavy atom. The molecule has 7 nitrogen and oxygen atoms in total. The first-order valence-corrected chi connectivity index (χ1v) is 13.7. The second-order valence-electron chi connectivity index (χ2n) is 9.41. The zero-order chi connectivity index (χ0) is 27.6. The lowest BCUT2D eigenvalue weighted by molar-refractivity contribution is 0.0461. The molecular weight excluding hydrogens is 492 g/mol. The highest BCUT2D eigenvalue weighted by molar-refractivity contribution is 5.97. The molecule has 0 saturated carbocycles. The number of aldehydes is 1. The molecule has 0 amide bonds. The maximum absolute atomic E-state index is 13.6. The first-order valence-electron chi connectivity index (χ1n) is 13.7. The molecule has 0 saturated heterocycles. The normalized spacial score (nSPS) is 10.9. The number of unbranched alkanes of at least 4 members (excludes halogenated alkanes) is 2. The molecule has 0 unspecified atom stereocenters. The smallest absolute Gasteiger partial charge is 0.347 e. The van der Waals surface area contributed by atoms with E-state index in [1.165, 1.54) is 0 Å². The van der Waals surface area contributed by atoms with E-state index in [0.29, 0.717) is 36.8 Å². The lowest BCUT2D eigenvalue weighted by Gasteiger charge is -2.21. The average Bonchev–Trinajstić information content (AvgIpc) is 3.39. The Morgan fingerprint density at radius 3 is 2.38 bits per heavy atom. The van der Waals surface area contributed by atoms with E-state index < -0.39 is 5.97 Å². The molecule has 0 aliphatic carbocycles. The van der Waals surface area contributed by atoms with E-state index in [9.17, 15) is 9.59 Å². The first-order chi connectivity index (χ1) is 19.1. The molecule has 204 valence electrons. The molecule has 2 heterocycles. The quantitative estimate of drug-likeness (QED) is 0.105. The zero-order valence-electron chi connectivity index (χ0n) is 22.9. The Balaban J connectivity index is 1.83. The molecule has 0 aliphatic rings. The van der Waals surface area contributed by atoms with Crippen LogP contribution in [0, 0.1) is 0 Å². The molecule has 7 heteroatoms. The van der Waals surface area contributed by atoms with E-state index in [2.05, 4.69) is 18.8 Å². The molecule has 2 aromatic heterocycles. The summed E-state index contributed by atoms with van der Waals surface area (Å²) in [4.78, 5) is 32.9. The summed E-state index contributed by atoms with van der Waals surface area (Å²) in [6, 6.07) is 17.3. The van der Waals surface area contributed by atoms with Gasteiger partial charge in [-0.2, -0.15) is 0 Å². The minimum atomic E-state index is -0.527. The maximum Gasteiger partial charge on any atom is 0.347 e. The number of hydrogen-bond acceptors (Lipinski definition) is 6. The van der Waals surface area contributed by atoms with Crippen molar-refractivity contribution in [2.45, 2.75) is 59.5 Å². The highest BCUT2D eigenvalue weighted by Gasteiger charge is 2.28. The van der Waals surface area contributed by atoms with Crippen LogP contribution >= 0.6 is 0 Å². The van der Waals surface area contributed by atoms with Crippen LogP contribution in [0.15, 0.2) is 54.6 Å². The number of ether oxygens (including phenoxy) is 3. The Morgan fingerprint density at radius 1 is 0.949 bits per heavy atom. The molecule has 1 N–H and O–H groups in total. The van der Waals surface area contributed by atoms with Crippen molar-refractivity contribution < 1.29 is 23.8 Å². The molecule has 0 atom stereocenters. The van der Waals surface area contributed by atoms with E-state index in [-0.39, 0.29) is 18.1 Å². The lowest BCUT2D eigenvalue weighted by Crippen LogP contribution is -2.16. The number of nitrogens with one attached hydrogen (secondary N) is 1. The van der Waals surface area contributed by atoms with Gasteiger partial charge in [0.05, 0.1) is 24.6 Å². The molecule has 4 aromatic rings. The molecular formula is C32H36N2O5. The van der Waals surface area contributed by atoms with Gasteiger partial charge in [-0.15, -0.1) is 0 Å². The minimum absolute atomic E-state index is 0.133. The van der Waals surface area contributed by atoms with Gasteiger partial charge < -0.3 is 19.2 Å². The van der Waals surface area contributed by atoms with Gasteiger partial charge in [-0.1, -0.05) is 76.1 Å². The van der Waals surface area contributed by atoms with Crippen molar-refractivity contribution in [1.29, 1.82) is 0 Å². The molecule has 0 radical (unpaired) electrons. The van der Waals surface area contributed by atoms with Crippen LogP contribution in [0.5, 0.6) is 11.6 Å². The van der Waals surface area contributed by atoms with Crippen LogP contribution in [0.3, 0.4) is 0 Å². The third-order valence-electron chi connectivity index (χ3n) is 6.51. The molecule has 2 aromatic carbocycles. The monoisotopic (exact) mass is 528 g/mol. The van der Waals surface area contributed by atoms with Gasteiger partial charge in [0.2, 0.25) is 5.88 Å². The van der Waals surface area contributed by atoms with Crippen LogP contribution in [0.1, 0.15) is 78.4 Å². The third kappa shape index (κ3) is 6.66. The number of fused-ring (bicyclic) bond motifs is 1. The summed E-state index contributed by atoms with van der Waals surface area (Å²) in [6.07, 6.45) is 4.94. The van der Waals surface area contributed by atoms with Crippen molar-refractivity contribution in [2.75, 3.05) is 13.2 Å². The third-order valence-corrected chi connectivity index (χ3v) is 6.51. The highest BCUT2D eigenvalue weighted by atomic mass is 16.5. The number of pyridine rings is 1. The van der Waals surface area contributed by atoms with Crippen molar-refractivity contribution >= 4 is 23.2 Å². The SMILES string of the molecule is CCCCOc1nc(-c2ccc3cc(C=O)[nH]c3c2)c(CC)c(OCCCC)c1C(=O)OCc1ccccc1. The number of rotatable bonds is 14. The zero-order valence-corrected chi connectivity index (χ0v) is 22.9. The van der Waals surface area contributed by atoms with Crippen LogP contribution in [-0.2, 0) is 17.8 Å². The average molecular weight is 529 g/mol. The number of carbonyl (C=O) groups is 2. The Bertz CT molecular complexity index is 1410. The van der Waals surface area contributed by atoms with E-state index in [1.807, 2.05) is 61.5 Å². The number of benzene rings is 2. The van der Waals surface area contributed by atoms with Crippen molar-refractivity contribution in [2.24, 2.45) is 0 Å². The molecule has 4 rings (SSSR count). The fraction of sp³-hybridized carbons (Fsp3) is 0.344. The van der Waals surface area contributed by atoms with Gasteiger partial charge in [0.1, 0.15) is 12.4 Å². The number of H-pyrrole nitrogens is 1. The molecule has 0 fully saturated rings. The summed E-state index contributed by atoms with van der Waals surface area (Å²) < 4.78 is 18.2. The van der Waals surface area contributed by atoms with Crippen LogP contribution < -0.4 is 9.47 Å². The summed E-state index contributed by atoms with van der Waals surface area (Å²) in [5.41, 5.74) is 4.77. The van der Waals surface area contributed by atoms with Crippen LogP contribution in [0.4, 0.5) is 0 Å². The number of aromatic amines is 1. The molecule has 39 heavy (non-hydrogen) atoms. The topological polar surface area (TPSA) is 90.5 Å². The Kier molecular flexibility index (Phi) is 9.73. The fourth-order valence-electron chi connectivity index (χ4n) is 4.38. The molecule has 0 aliphatic heterocycles. The summed E-state index contributed by atoms with van der Waals surface area (Å²) in [5.74, 6) is 0.141. The van der Waals surface area contributed by atoms with Crippen LogP contribution in [0.25, 0.3) is 22.2 Å². The largest absolute Gasteiger partial charge is 0.492 e. The van der Waals surface area contributed by atoms with Gasteiger partial charge >= 0.3 is 5.97 Å². The summed E-state index contributed by atoms with van der Waals surface area (Å²) in [6.45, 7) is 7.19. The number of aromatic nitrogens is 2. The number of carbonyl (C=O) groups excluding carboxylic acids is 2. The summed E-state index contributed by atoms with van der Waals surface area (Å²) >= 11 is 0. The summed E-state index contributed by atoms with van der Waals surface area (Å²) in [5, 5.41) is 0.929. The van der Waals surface area contributed by atoms with Gasteiger partial charge in [0.25, 0.3) is 0 Å². The van der Waals surface area contributed by atoms with Crippen LogP contribution in [-0.4, -0.2) is 35.4 Å². The number of hydrogen-bond donors (Lipinski definition) is 1. The fourth-order valence-corrected chi connectivity index (χ4v) is 4.38. The molecule has 0 spiro atoms. The van der Waals surface area contributed by atoms with E-state index in [0.717, 1.165) is 59.6 Å². The first kappa shape index (κ1) is 27.9. The minimum Gasteiger partial charge on any atom is -0.492 e. The van der Waals surface area contributed by atoms with E-state index in [1.54, 1.807) is 0 Å². The highest BCUT2D eigenvalue weighted by Crippen LogP contribution is 2.39. The Hall–Kier alpha value is -4.13. The van der Waals surface area contributed by atoms with Crippen molar-refractivity contribution in [3.63, 3.8) is 0 Å². The van der Waals surface area contributed by atoms with E-state index in [4.69, 9.17) is 19.2 Å². The molecule has 0 bridgehead atoms. The van der Waals surface area contributed by atoms with E-state index >= 15 is 0 Å². The Labute approximate surface area is 229 Å². The predicted molar refractivity (Wildman–Crippen MR) is 153 cm³/mol. The predicted octanol–water partition coefficient (Wildman–Crippen LogP) is 7.32. The van der Waals surface area contributed by atoms with Gasteiger partial charge in [-0.25, -0.2) is 9.78 Å². The van der Waals surface area contributed by atoms with Crippen molar-refractivity contribution in [3.8, 4) is 22.9 Å².